The van der Waals surface area contributed by atoms with Crippen LogP contribution < -0.4 is 5.32 Å². The molecule has 0 atom stereocenters. The van der Waals surface area contributed by atoms with Crippen molar-refractivity contribution < 1.29 is 14.3 Å². The first-order valence-corrected chi connectivity index (χ1v) is 6.89. The molecule has 1 aromatic rings. The van der Waals surface area contributed by atoms with Gasteiger partial charge in [0.05, 0.1) is 12.2 Å². The van der Waals surface area contributed by atoms with E-state index in [9.17, 15) is 4.79 Å². The van der Waals surface area contributed by atoms with E-state index in [2.05, 4.69) is 5.32 Å². The van der Waals surface area contributed by atoms with Crippen molar-refractivity contribution in [1.29, 1.82) is 0 Å². The lowest BCUT2D eigenvalue weighted by Gasteiger charge is -2.23. The number of para-hydroxylation sites is 1. The number of benzene rings is 1. The van der Waals surface area contributed by atoms with E-state index < -0.39 is 0 Å². The van der Waals surface area contributed by atoms with Crippen LogP contribution >= 0.6 is 0 Å². The number of carbonyl (C=O) groups is 1. The fourth-order valence-electron chi connectivity index (χ4n) is 2.23. The van der Waals surface area contributed by atoms with Gasteiger partial charge in [0.1, 0.15) is 0 Å². The van der Waals surface area contributed by atoms with Gasteiger partial charge >= 0.3 is 5.97 Å². The van der Waals surface area contributed by atoms with Crippen LogP contribution in [0.1, 0.15) is 30.1 Å². The molecule has 1 saturated heterocycles. The lowest BCUT2D eigenvalue weighted by Crippen LogP contribution is -2.23. The number of carbonyl (C=O) groups excluding carboxylic acids is 1. The molecule has 0 saturated carbocycles. The zero-order chi connectivity index (χ0) is 13.5. The molecule has 0 aliphatic carbocycles. The van der Waals surface area contributed by atoms with E-state index in [4.69, 9.17) is 9.47 Å². The third-order valence-electron chi connectivity index (χ3n) is 3.34. The van der Waals surface area contributed by atoms with Crippen LogP contribution in [0.3, 0.4) is 0 Å². The van der Waals surface area contributed by atoms with Crippen LogP contribution in [0.15, 0.2) is 24.3 Å². The lowest BCUT2D eigenvalue weighted by atomic mass is 10.00. The van der Waals surface area contributed by atoms with Crippen LogP contribution in [0.25, 0.3) is 0 Å². The number of ether oxygens (including phenoxy) is 2. The molecule has 1 aliphatic rings. The summed E-state index contributed by atoms with van der Waals surface area (Å²) in [5.41, 5.74) is 1.46. The number of nitrogens with one attached hydrogen (secondary N) is 1. The Bertz CT molecular complexity index is 414. The van der Waals surface area contributed by atoms with E-state index in [1.165, 1.54) is 0 Å². The van der Waals surface area contributed by atoms with Gasteiger partial charge in [-0.2, -0.15) is 0 Å². The van der Waals surface area contributed by atoms with Gasteiger partial charge in [0.2, 0.25) is 0 Å². The van der Waals surface area contributed by atoms with Gasteiger partial charge in [0.25, 0.3) is 0 Å². The number of hydrogen-bond acceptors (Lipinski definition) is 4. The van der Waals surface area contributed by atoms with Crippen LogP contribution in [0, 0.1) is 5.92 Å². The van der Waals surface area contributed by atoms with Crippen molar-refractivity contribution in [2.75, 3.05) is 31.7 Å². The molecule has 0 unspecified atom stereocenters. The van der Waals surface area contributed by atoms with E-state index in [0.717, 1.165) is 38.3 Å². The minimum atomic E-state index is -0.266. The molecule has 0 amide bonds. The molecule has 0 aromatic heterocycles. The predicted molar refractivity (Wildman–Crippen MR) is 74.4 cm³/mol. The molecule has 4 nitrogen and oxygen atoms in total. The van der Waals surface area contributed by atoms with Crippen LogP contribution in [0.5, 0.6) is 0 Å². The third-order valence-corrected chi connectivity index (χ3v) is 3.34. The van der Waals surface area contributed by atoms with Gasteiger partial charge < -0.3 is 14.8 Å². The molecule has 0 bridgehead atoms. The number of rotatable bonds is 5. The van der Waals surface area contributed by atoms with Gasteiger partial charge in [-0.15, -0.1) is 0 Å². The van der Waals surface area contributed by atoms with Crippen LogP contribution in [-0.2, 0) is 9.47 Å². The molecule has 0 spiro atoms. The van der Waals surface area contributed by atoms with Crippen LogP contribution in [-0.4, -0.2) is 32.3 Å². The van der Waals surface area contributed by atoms with E-state index in [0.29, 0.717) is 18.1 Å². The first-order valence-electron chi connectivity index (χ1n) is 6.89. The van der Waals surface area contributed by atoms with Crippen molar-refractivity contribution in [2.45, 2.75) is 19.8 Å². The average Bonchev–Trinajstić information content (AvgIpc) is 2.47. The SMILES string of the molecule is CCOC(=O)c1ccccc1NCC1CCOCC1. The molecule has 1 fully saturated rings. The number of anilines is 1. The summed E-state index contributed by atoms with van der Waals surface area (Å²) < 4.78 is 10.4. The molecular formula is C15H21NO3. The van der Waals surface area contributed by atoms with Gasteiger partial charge in [0.15, 0.2) is 0 Å². The fourth-order valence-corrected chi connectivity index (χ4v) is 2.23. The van der Waals surface area contributed by atoms with Gasteiger partial charge in [-0.25, -0.2) is 4.79 Å². The molecule has 1 aliphatic heterocycles. The summed E-state index contributed by atoms with van der Waals surface area (Å²) in [7, 11) is 0. The monoisotopic (exact) mass is 263 g/mol. The van der Waals surface area contributed by atoms with Crippen molar-refractivity contribution in [2.24, 2.45) is 5.92 Å². The van der Waals surface area contributed by atoms with E-state index in [-0.39, 0.29) is 5.97 Å². The van der Waals surface area contributed by atoms with E-state index in [1.807, 2.05) is 25.1 Å². The Balaban J connectivity index is 1.97. The van der Waals surface area contributed by atoms with E-state index >= 15 is 0 Å². The zero-order valence-electron chi connectivity index (χ0n) is 11.4. The van der Waals surface area contributed by atoms with Gasteiger partial charge in [-0.1, -0.05) is 12.1 Å². The summed E-state index contributed by atoms with van der Waals surface area (Å²) in [5, 5.41) is 3.37. The van der Waals surface area contributed by atoms with Gasteiger partial charge in [0, 0.05) is 25.4 Å². The largest absolute Gasteiger partial charge is 0.462 e. The molecule has 1 aromatic carbocycles. The maximum Gasteiger partial charge on any atom is 0.340 e. The van der Waals surface area contributed by atoms with Crippen molar-refractivity contribution in [3.8, 4) is 0 Å². The van der Waals surface area contributed by atoms with Crippen molar-refractivity contribution in [1.82, 2.24) is 0 Å². The molecule has 2 rings (SSSR count). The summed E-state index contributed by atoms with van der Waals surface area (Å²) in [5.74, 6) is 0.349. The molecule has 104 valence electrons. The number of hydrogen-bond donors (Lipinski definition) is 1. The average molecular weight is 263 g/mol. The zero-order valence-corrected chi connectivity index (χ0v) is 11.4. The Hall–Kier alpha value is -1.55. The van der Waals surface area contributed by atoms with Crippen molar-refractivity contribution >= 4 is 11.7 Å². The highest BCUT2D eigenvalue weighted by molar-refractivity contribution is 5.95. The Kier molecular flexibility index (Phi) is 5.21. The molecule has 4 heteroatoms. The molecular weight excluding hydrogens is 242 g/mol. The summed E-state index contributed by atoms with van der Waals surface area (Å²) in [4.78, 5) is 11.8. The second kappa shape index (κ2) is 7.14. The summed E-state index contributed by atoms with van der Waals surface area (Å²) in [6.07, 6.45) is 2.16. The maximum absolute atomic E-state index is 11.8. The highest BCUT2D eigenvalue weighted by Crippen LogP contribution is 2.19. The highest BCUT2D eigenvalue weighted by Gasteiger charge is 2.16. The number of esters is 1. The normalized spacial score (nSPS) is 16.1. The Labute approximate surface area is 114 Å². The summed E-state index contributed by atoms with van der Waals surface area (Å²) in [6, 6.07) is 7.50. The molecule has 19 heavy (non-hydrogen) atoms. The Morgan fingerprint density at radius 2 is 2.11 bits per heavy atom. The standard InChI is InChI=1S/C15H21NO3/c1-2-19-15(17)13-5-3-4-6-14(13)16-11-12-7-9-18-10-8-12/h3-6,12,16H,2,7-11H2,1H3. The Morgan fingerprint density at radius 3 is 2.84 bits per heavy atom. The maximum atomic E-state index is 11.8. The fraction of sp³-hybridized carbons (Fsp3) is 0.533. The predicted octanol–water partition coefficient (Wildman–Crippen LogP) is 2.70. The lowest BCUT2D eigenvalue weighted by molar-refractivity contribution is 0.0527. The summed E-state index contributed by atoms with van der Waals surface area (Å²) >= 11 is 0. The third kappa shape index (κ3) is 3.96. The second-order valence-electron chi connectivity index (χ2n) is 4.70. The minimum absolute atomic E-state index is 0.266. The molecule has 1 heterocycles. The van der Waals surface area contributed by atoms with E-state index in [1.54, 1.807) is 6.07 Å². The second-order valence-corrected chi connectivity index (χ2v) is 4.70. The molecule has 1 N–H and O–H groups in total. The molecule has 0 radical (unpaired) electrons. The van der Waals surface area contributed by atoms with Crippen molar-refractivity contribution in [3.05, 3.63) is 29.8 Å². The highest BCUT2D eigenvalue weighted by atomic mass is 16.5. The van der Waals surface area contributed by atoms with Gasteiger partial charge in [-0.05, 0) is 37.8 Å². The van der Waals surface area contributed by atoms with Crippen LogP contribution in [0.4, 0.5) is 5.69 Å². The van der Waals surface area contributed by atoms with Crippen molar-refractivity contribution in [3.63, 3.8) is 0 Å². The Morgan fingerprint density at radius 1 is 1.37 bits per heavy atom. The first-order chi connectivity index (χ1) is 9.31. The first kappa shape index (κ1) is 13.9. The smallest absolute Gasteiger partial charge is 0.340 e. The topological polar surface area (TPSA) is 47.6 Å². The van der Waals surface area contributed by atoms with Gasteiger partial charge in [-0.3, -0.25) is 0 Å². The minimum Gasteiger partial charge on any atom is -0.462 e. The summed E-state index contributed by atoms with van der Waals surface area (Å²) in [6.45, 7) is 4.76. The quantitative estimate of drug-likeness (QED) is 0.830. The van der Waals surface area contributed by atoms with Crippen LogP contribution in [0.2, 0.25) is 0 Å².